The van der Waals surface area contributed by atoms with Gasteiger partial charge < -0.3 is 4.90 Å². The second-order valence-corrected chi connectivity index (χ2v) is 5.27. The molecule has 1 aliphatic heterocycles. The molecular weight excluding hydrogens is 230 g/mol. The van der Waals surface area contributed by atoms with E-state index in [1.54, 1.807) is 11.3 Å². The van der Waals surface area contributed by atoms with Crippen LogP contribution in [0.3, 0.4) is 0 Å². The molecule has 0 unspecified atom stereocenters. The molecule has 1 aromatic carbocycles. The highest BCUT2D eigenvalue weighted by atomic mass is 32.1. The van der Waals surface area contributed by atoms with Crippen LogP contribution in [0.1, 0.15) is 21.7 Å². The molecular formula is C14H13NOS. The van der Waals surface area contributed by atoms with E-state index >= 15 is 0 Å². The second kappa shape index (κ2) is 4.34. The summed E-state index contributed by atoms with van der Waals surface area (Å²) in [5.74, 6) is 0. The fourth-order valence-electron chi connectivity index (χ4n) is 2.31. The quantitative estimate of drug-likeness (QED) is 0.750. The Bertz CT molecular complexity index is 547. The molecule has 0 atom stereocenters. The lowest BCUT2D eigenvalue weighted by atomic mass is 10.0. The Morgan fingerprint density at radius 3 is 2.88 bits per heavy atom. The molecule has 2 nitrogen and oxygen atoms in total. The predicted molar refractivity (Wildman–Crippen MR) is 71.5 cm³/mol. The summed E-state index contributed by atoms with van der Waals surface area (Å²) in [5, 5.41) is 1.17. The molecule has 2 heterocycles. The molecule has 0 saturated heterocycles. The lowest BCUT2D eigenvalue weighted by Crippen LogP contribution is -2.23. The van der Waals surface area contributed by atoms with Gasteiger partial charge in [-0.05, 0) is 36.6 Å². The monoisotopic (exact) mass is 243 g/mol. The Morgan fingerprint density at radius 1 is 1.18 bits per heavy atom. The first-order valence-corrected chi connectivity index (χ1v) is 6.60. The van der Waals surface area contributed by atoms with E-state index in [1.165, 1.54) is 22.7 Å². The summed E-state index contributed by atoms with van der Waals surface area (Å²) in [6.07, 6.45) is 3.24. The van der Waals surface area contributed by atoms with Gasteiger partial charge in [0.2, 0.25) is 0 Å². The fraction of sp³-hybridized carbons (Fsp3) is 0.214. The summed E-state index contributed by atoms with van der Waals surface area (Å²) in [6, 6.07) is 12.4. The van der Waals surface area contributed by atoms with Crippen molar-refractivity contribution in [3.63, 3.8) is 0 Å². The van der Waals surface area contributed by atoms with E-state index in [4.69, 9.17) is 0 Å². The van der Waals surface area contributed by atoms with E-state index in [-0.39, 0.29) is 0 Å². The minimum absolute atomic E-state index is 0.794. The van der Waals surface area contributed by atoms with Crippen LogP contribution in [0.15, 0.2) is 36.4 Å². The molecule has 0 N–H and O–H groups in total. The Balaban J connectivity index is 2.02. The number of para-hydroxylation sites is 1. The van der Waals surface area contributed by atoms with Crippen LogP contribution >= 0.6 is 11.3 Å². The molecule has 3 heteroatoms. The number of fused-ring (bicyclic) bond motifs is 1. The van der Waals surface area contributed by atoms with Gasteiger partial charge in [0.05, 0.1) is 9.88 Å². The Morgan fingerprint density at radius 2 is 2.06 bits per heavy atom. The molecule has 0 fully saturated rings. The van der Waals surface area contributed by atoms with Gasteiger partial charge in [0.1, 0.15) is 0 Å². The topological polar surface area (TPSA) is 20.3 Å². The van der Waals surface area contributed by atoms with Gasteiger partial charge in [-0.15, -0.1) is 11.3 Å². The number of nitrogens with zero attached hydrogens (tertiary/aromatic N) is 1. The Hall–Kier alpha value is -1.61. The molecule has 0 bridgehead atoms. The average Bonchev–Trinajstić information content (AvgIpc) is 2.87. The number of aryl methyl sites for hydroxylation is 1. The van der Waals surface area contributed by atoms with E-state index in [0.717, 1.165) is 24.1 Å². The van der Waals surface area contributed by atoms with Crippen LogP contribution in [0, 0.1) is 0 Å². The number of hydrogen-bond donors (Lipinski definition) is 0. The molecule has 1 aliphatic rings. The molecule has 0 radical (unpaired) electrons. The zero-order valence-electron chi connectivity index (χ0n) is 9.43. The normalized spacial score (nSPS) is 14.5. The average molecular weight is 243 g/mol. The lowest BCUT2D eigenvalue weighted by Gasteiger charge is -2.29. The summed E-state index contributed by atoms with van der Waals surface area (Å²) in [4.78, 5) is 13.9. The zero-order valence-corrected chi connectivity index (χ0v) is 10.2. The van der Waals surface area contributed by atoms with Crippen LogP contribution in [-0.2, 0) is 6.42 Å². The zero-order chi connectivity index (χ0) is 11.7. The molecule has 0 saturated carbocycles. The van der Waals surface area contributed by atoms with Crippen LogP contribution in [0.25, 0.3) is 0 Å². The molecule has 0 aliphatic carbocycles. The largest absolute Gasteiger partial charge is 0.333 e. The van der Waals surface area contributed by atoms with Crippen molar-refractivity contribution in [3.8, 4) is 0 Å². The maximum absolute atomic E-state index is 10.7. The van der Waals surface area contributed by atoms with E-state index < -0.39 is 0 Å². The number of carbonyl (C=O) groups is 1. The maximum atomic E-state index is 10.7. The highest BCUT2D eigenvalue weighted by molar-refractivity contribution is 7.17. The first-order chi connectivity index (χ1) is 8.38. The summed E-state index contributed by atoms with van der Waals surface area (Å²) >= 11 is 1.56. The van der Waals surface area contributed by atoms with Crippen molar-refractivity contribution in [2.24, 2.45) is 0 Å². The van der Waals surface area contributed by atoms with Gasteiger partial charge in [-0.3, -0.25) is 4.79 Å². The standard InChI is InChI=1S/C14H13NOS/c16-10-12-7-8-14(17-12)15-9-3-5-11-4-1-2-6-13(11)15/h1-2,4,6-8,10H,3,5,9H2. The van der Waals surface area contributed by atoms with Crippen LogP contribution in [0.2, 0.25) is 0 Å². The third kappa shape index (κ3) is 1.87. The van der Waals surface area contributed by atoms with Crippen molar-refractivity contribution in [2.45, 2.75) is 12.8 Å². The molecule has 2 aromatic rings. The van der Waals surface area contributed by atoms with Crippen molar-refractivity contribution in [3.05, 3.63) is 46.8 Å². The van der Waals surface area contributed by atoms with Gasteiger partial charge >= 0.3 is 0 Å². The minimum Gasteiger partial charge on any atom is -0.333 e. The number of thiophene rings is 1. The Kier molecular flexibility index (Phi) is 2.69. The van der Waals surface area contributed by atoms with E-state index in [0.29, 0.717) is 0 Å². The second-order valence-electron chi connectivity index (χ2n) is 4.18. The van der Waals surface area contributed by atoms with Crippen LogP contribution in [-0.4, -0.2) is 12.8 Å². The van der Waals surface area contributed by atoms with Crippen molar-refractivity contribution in [1.82, 2.24) is 0 Å². The molecule has 0 spiro atoms. The van der Waals surface area contributed by atoms with Gasteiger partial charge in [-0.2, -0.15) is 0 Å². The van der Waals surface area contributed by atoms with Gasteiger partial charge in [-0.25, -0.2) is 0 Å². The third-order valence-electron chi connectivity index (χ3n) is 3.11. The lowest BCUT2D eigenvalue weighted by molar-refractivity contribution is 0.112. The number of benzene rings is 1. The van der Waals surface area contributed by atoms with Crippen LogP contribution < -0.4 is 4.90 Å². The highest BCUT2D eigenvalue weighted by Crippen LogP contribution is 2.36. The van der Waals surface area contributed by atoms with Crippen molar-refractivity contribution < 1.29 is 4.79 Å². The van der Waals surface area contributed by atoms with E-state index in [1.807, 2.05) is 12.1 Å². The number of aldehydes is 1. The van der Waals surface area contributed by atoms with Gasteiger partial charge in [0.15, 0.2) is 6.29 Å². The summed E-state index contributed by atoms with van der Waals surface area (Å²) < 4.78 is 0. The molecule has 1 aromatic heterocycles. The number of carbonyl (C=O) groups excluding carboxylic acids is 1. The van der Waals surface area contributed by atoms with Gasteiger partial charge in [0.25, 0.3) is 0 Å². The first kappa shape index (κ1) is 10.5. The maximum Gasteiger partial charge on any atom is 0.160 e. The summed E-state index contributed by atoms with van der Waals surface area (Å²) in [6.45, 7) is 1.04. The highest BCUT2D eigenvalue weighted by Gasteiger charge is 2.18. The number of hydrogen-bond acceptors (Lipinski definition) is 3. The van der Waals surface area contributed by atoms with Crippen molar-refractivity contribution in [2.75, 3.05) is 11.4 Å². The molecule has 17 heavy (non-hydrogen) atoms. The summed E-state index contributed by atoms with van der Waals surface area (Å²) in [5.41, 5.74) is 2.69. The SMILES string of the molecule is O=Cc1ccc(N2CCCc3ccccc32)s1. The van der Waals surface area contributed by atoms with E-state index in [2.05, 4.69) is 29.2 Å². The summed E-state index contributed by atoms with van der Waals surface area (Å²) in [7, 11) is 0. The fourth-order valence-corrected chi connectivity index (χ4v) is 3.17. The Labute approximate surface area is 105 Å². The van der Waals surface area contributed by atoms with Crippen molar-refractivity contribution >= 4 is 28.3 Å². The van der Waals surface area contributed by atoms with Crippen LogP contribution in [0.4, 0.5) is 10.7 Å². The molecule has 0 amide bonds. The van der Waals surface area contributed by atoms with Crippen molar-refractivity contribution in [1.29, 1.82) is 0 Å². The number of rotatable bonds is 2. The van der Waals surface area contributed by atoms with E-state index in [9.17, 15) is 4.79 Å². The smallest absolute Gasteiger partial charge is 0.160 e. The molecule has 3 rings (SSSR count). The first-order valence-electron chi connectivity index (χ1n) is 5.79. The van der Waals surface area contributed by atoms with Gasteiger partial charge in [-0.1, -0.05) is 18.2 Å². The predicted octanol–water partition coefficient (Wildman–Crippen LogP) is 3.64. The number of anilines is 2. The minimum atomic E-state index is 0.794. The molecule has 86 valence electrons. The third-order valence-corrected chi connectivity index (χ3v) is 4.14. The van der Waals surface area contributed by atoms with Crippen LogP contribution in [0.5, 0.6) is 0 Å². The van der Waals surface area contributed by atoms with Gasteiger partial charge in [0, 0.05) is 12.2 Å².